The summed E-state index contributed by atoms with van der Waals surface area (Å²) in [6.45, 7) is 1.89. The van der Waals surface area contributed by atoms with E-state index in [0.717, 1.165) is 51.4 Å². The lowest BCUT2D eigenvalue weighted by molar-refractivity contribution is 0.0420. The summed E-state index contributed by atoms with van der Waals surface area (Å²) >= 11 is 0. The SMILES string of the molecule is COC1CCC(Nc2ncc(C#N)c(NC3CCCCC(C)(O)C3)n2)CC1. The number of nitriles is 1. The molecule has 2 aliphatic carbocycles. The van der Waals surface area contributed by atoms with Crippen molar-refractivity contribution in [2.75, 3.05) is 17.7 Å². The predicted molar refractivity (Wildman–Crippen MR) is 105 cm³/mol. The van der Waals surface area contributed by atoms with Gasteiger partial charge in [-0.05, 0) is 51.9 Å². The average Bonchev–Trinajstić information content (AvgIpc) is 2.82. The van der Waals surface area contributed by atoms with E-state index in [1.807, 2.05) is 6.92 Å². The molecule has 3 rings (SSSR count). The molecule has 27 heavy (non-hydrogen) atoms. The van der Waals surface area contributed by atoms with Gasteiger partial charge in [0, 0.05) is 19.2 Å². The van der Waals surface area contributed by atoms with Crippen LogP contribution in [0.25, 0.3) is 0 Å². The van der Waals surface area contributed by atoms with Crippen molar-refractivity contribution < 1.29 is 9.84 Å². The first-order valence-electron chi connectivity index (χ1n) is 10.0. The van der Waals surface area contributed by atoms with E-state index in [-0.39, 0.29) is 6.04 Å². The molecule has 7 nitrogen and oxygen atoms in total. The number of hydrogen-bond acceptors (Lipinski definition) is 7. The predicted octanol–water partition coefficient (Wildman–Crippen LogP) is 3.21. The Balaban J connectivity index is 1.67. The van der Waals surface area contributed by atoms with Gasteiger partial charge in [-0.25, -0.2) is 4.98 Å². The van der Waals surface area contributed by atoms with Crippen LogP contribution in [0.1, 0.15) is 70.3 Å². The van der Waals surface area contributed by atoms with Gasteiger partial charge in [0.25, 0.3) is 0 Å². The van der Waals surface area contributed by atoms with Crippen molar-refractivity contribution in [2.24, 2.45) is 0 Å². The van der Waals surface area contributed by atoms with E-state index in [9.17, 15) is 10.4 Å². The summed E-state index contributed by atoms with van der Waals surface area (Å²) in [6.07, 6.45) is 10.6. The molecule has 0 radical (unpaired) electrons. The Hall–Kier alpha value is -1.91. The topological polar surface area (TPSA) is 103 Å². The maximum absolute atomic E-state index is 10.5. The lowest BCUT2D eigenvalue weighted by Gasteiger charge is -2.28. The van der Waals surface area contributed by atoms with Gasteiger partial charge in [-0.2, -0.15) is 10.2 Å². The number of nitrogens with zero attached hydrogens (tertiary/aromatic N) is 3. The van der Waals surface area contributed by atoms with E-state index in [2.05, 4.69) is 26.7 Å². The van der Waals surface area contributed by atoms with Crippen LogP contribution in [-0.4, -0.2) is 46.0 Å². The van der Waals surface area contributed by atoms with Crippen molar-refractivity contribution in [3.8, 4) is 6.07 Å². The van der Waals surface area contributed by atoms with Crippen LogP contribution in [0.3, 0.4) is 0 Å². The molecule has 7 heteroatoms. The Kier molecular flexibility index (Phi) is 6.51. The Morgan fingerprint density at radius 2 is 1.96 bits per heavy atom. The zero-order valence-electron chi connectivity index (χ0n) is 16.4. The van der Waals surface area contributed by atoms with Gasteiger partial charge in [0.15, 0.2) is 0 Å². The third-order valence-corrected chi connectivity index (χ3v) is 5.79. The van der Waals surface area contributed by atoms with E-state index < -0.39 is 5.60 Å². The molecule has 3 N–H and O–H groups in total. The molecule has 0 amide bonds. The van der Waals surface area contributed by atoms with Crippen molar-refractivity contribution >= 4 is 11.8 Å². The molecule has 148 valence electrons. The number of methoxy groups -OCH3 is 1. The van der Waals surface area contributed by atoms with Gasteiger partial charge >= 0.3 is 0 Å². The van der Waals surface area contributed by atoms with Crippen LogP contribution in [0.15, 0.2) is 6.20 Å². The van der Waals surface area contributed by atoms with Crippen LogP contribution >= 0.6 is 0 Å². The molecule has 2 unspecified atom stereocenters. The van der Waals surface area contributed by atoms with E-state index in [1.54, 1.807) is 13.3 Å². The number of anilines is 2. The standard InChI is InChI=1S/C20H31N5O2/c1-20(26)10-4-3-5-16(11-20)23-18-14(12-21)13-22-19(25-18)24-15-6-8-17(27-2)9-7-15/h13,15-17,26H,3-11H2,1-2H3,(H2,22,23,24,25). The van der Waals surface area contributed by atoms with Crippen LogP contribution < -0.4 is 10.6 Å². The van der Waals surface area contributed by atoms with Crippen LogP contribution in [0.5, 0.6) is 0 Å². The van der Waals surface area contributed by atoms with Crippen molar-refractivity contribution in [2.45, 2.75) is 88.5 Å². The number of rotatable bonds is 5. The maximum Gasteiger partial charge on any atom is 0.224 e. The highest BCUT2D eigenvalue weighted by molar-refractivity contribution is 5.54. The summed E-state index contributed by atoms with van der Waals surface area (Å²) in [7, 11) is 1.77. The largest absolute Gasteiger partial charge is 0.390 e. The third kappa shape index (κ3) is 5.53. The maximum atomic E-state index is 10.5. The summed E-state index contributed by atoms with van der Waals surface area (Å²) in [5, 5.41) is 26.7. The van der Waals surface area contributed by atoms with Gasteiger partial charge in [-0.15, -0.1) is 0 Å². The van der Waals surface area contributed by atoms with Crippen molar-refractivity contribution in [3.05, 3.63) is 11.8 Å². The third-order valence-electron chi connectivity index (χ3n) is 5.79. The molecule has 0 aliphatic heterocycles. The van der Waals surface area contributed by atoms with E-state index in [4.69, 9.17) is 4.74 Å². The second-order valence-corrected chi connectivity index (χ2v) is 8.21. The molecule has 0 spiro atoms. The van der Waals surface area contributed by atoms with Gasteiger partial charge < -0.3 is 20.5 Å². The lowest BCUT2D eigenvalue weighted by atomic mass is 9.93. The summed E-state index contributed by atoms with van der Waals surface area (Å²) in [5.74, 6) is 1.11. The van der Waals surface area contributed by atoms with Crippen LogP contribution in [-0.2, 0) is 4.74 Å². The molecule has 2 saturated carbocycles. The van der Waals surface area contributed by atoms with E-state index in [0.29, 0.717) is 35.9 Å². The Morgan fingerprint density at radius 3 is 2.67 bits per heavy atom. The number of hydrogen-bond donors (Lipinski definition) is 3. The van der Waals surface area contributed by atoms with Gasteiger partial charge in [0.1, 0.15) is 17.5 Å². The van der Waals surface area contributed by atoms with Crippen molar-refractivity contribution in [1.82, 2.24) is 9.97 Å². The molecule has 1 aromatic rings. The molecule has 2 fully saturated rings. The Morgan fingerprint density at radius 1 is 1.19 bits per heavy atom. The Labute approximate surface area is 161 Å². The minimum absolute atomic E-state index is 0.106. The molecule has 1 aromatic heterocycles. The highest BCUT2D eigenvalue weighted by atomic mass is 16.5. The summed E-state index contributed by atoms with van der Waals surface area (Å²) in [4.78, 5) is 8.90. The molecule has 0 bridgehead atoms. The fourth-order valence-electron chi connectivity index (χ4n) is 4.22. The molecule has 2 aliphatic rings. The monoisotopic (exact) mass is 373 g/mol. The second-order valence-electron chi connectivity index (χ2n) is 8.21. The molecule has 2 atom stereocenters. The van der Waals surface area contributed by atoms with E-state index >= 15 is 0 Å². The number of nitrogens with one attached hydrogen (secondary N) is 2. The Bertz CT molecular complexity index is 665. The van der Waals surface area contributed by atoms with Crippen LogP contribution in [0, 0.1) is 11.3 Å². The molecule has 0 aromatic carbocycles. The van der Waals surface area contributed by atoms with Crippen molar-refractivity contribution in [3.63, 3.8) is 0 Å². The quantitative estimate of drug-likeness (QED) is 0.681. The highest BCUT2D eigenvalue weighted by Crippen LogP contribution is 2.29. The second kappa shape index (κ2) is 8.85. The molecule has 0 saturated heterocycles. The van der Waals surface area contributed by atoms with E-state index in [1.165, 1.54) is 0 Å². The van der Waals surface area contributed by atoms with Gasteiger partial charge in [0.05, 0.1) is 17.9 Å². The lowest BCUT2D eigenvalue weighted by Crippen LogP contribution is -2.32. The molecular weight excluding hydrogens is 342 g/mol. The smallest absolute Gasteiger partial charge is 0.224 e. The van der Waals surface area contributed by atoms with Crippen LogP contribution in [0.4, 0.5) is 11.8 Å². The first-order chi connectivity index (χ1) is 13.0. The summed E-state index contributed by atoms with van der Waals surface area (Å²) < 4.78 is 5.43. The average molecular weight is 374 g/mol. The summed E-state index contributed by atoms with van der Waals surface area (Å²) in [5.41, 5.74) is -0.234. The number of ether oxygens (including phenoxy) is 1. The van der Waals surface area contributed by atoms with Crippen molar-refractivity contribution in [1.29, 1.82) is 5.26 Å². The minimum Gasteiger partial charge on any atom is -0.390 e. The van der Waals surface area contributed by atoms with Crippen LogP contribution in [0.2, 0.25) is 0 Å². The minimum atomic E-state index is -0.672. The zero-order valence-corrected chi connectivity index (χ0v) is 16.4. The number of aliphatic hydroxyl groups is 1. The molecular formula is C20H31N5O2. The zero-order chi connectivity index (χ0) is 19.3. The first kappa shape index (κ1) is 19.8. The van der Waals surface area contributed by atoms with Gasteiger partial charge in [-0.1, -0.05) is 12.8 Å². The number of aromatic nitrogens is 2. The van der Waals surface area contributed by atoms with Gasteiger partial charge in [-0.3, -0.25) is 0 Å². The summed E-state index contributed by atoms with van der Waals surface area (Å²) in [6, 6.07) is 2.61. The fraction of sp³-hybridized carbons (Fsp3) is 0.750. The first-order valence-corrected chi connectivity index (χ1v) is 10.0. The fourth-order valence-corrected chi connectivity index (χ4v) is 4.22. The van der Waals surface area contributed by atoms with Gasteiger partial charge in [0.2, 0.25) is 5.95 Å². The molecule has 1 heterocycles. The highest BCUT2D eigenvalue weighted by Gasteiger charge is 2.29. The normalized spacial score (nSPS) is 31.6.